The number of benzene rings is 3. The molecule has 6 unspecified atom stereocenters. The van der Waals surface area contributed by atoms with Crippen LogP contribution in [-0.2, 0) is 20.7 Å². The quantitative estimate of drug-likeness (QED) is 0.193. The number of nitrogens with two attached hydrogens (primary N) is 1. The van der Waals surface area contributed by atoms with Crippen molar-refractivity contribution in [3.05, 3.63) is 29.3 Å². The molecular formula is C27H31NO10. The van der Waals surface area contributed by atoms with Crippen LogP contribution in [0.4, 0.5) is 0 Å². The Morgan fingerprint density at radius 1 is 1.08 bits per heavy atom. The molecular weight excluding hydrogens is 498 g/mol. The fourth-order valence-electron chi connectivity index (χ4n) is 5.70. The molecule has 0 amide bonds. The van der Waals surface area contributed by atoms with Gasteiger partial charge in [-0.15, -0.1) is 0 Å². The maximum absolute atomic E-state index is 12.5. The van der Waals surface area contributed by atoms with Crippen molar-refractivity contribution in [1.29, 1.82) is 0 Å². The number of rotatable bonds is 4. The van der Waals surface area contributed by atoms with Gasteiger partial charge in [0.15, 0.2) is 12.1 Å². The molecule has 2 aliphatic rings. The largest absolute Gasteiger partial charge is 0.507 e. The third-order valence-corrected chi connectivity index (χ3v) is 7.84. The number of fused-ring (bicyclic) bond motifs is 3. The van der Waals surface area contributed by atoms with E-state index in [9.17, 15) is 35.4 Å². The van der Waals surface area contributed by atoms with E-state index in [0.717, 1.165) is 0 Å². The van der Waals surface area contributed by atoms with Crippen molar-refractivity contribution in [3.8, 4) is 28.7 Å². The maximum atomic E-state index is 12.5. The zero-order valence-electron chi connectivity index (χ0n) is 21.1. The molecule has 1 saturated heterocycles. The highest BCUT2D eigenvalue weighted by atomic mass is 16.7. The van der Waals surface area contributed by atoms with Gasteiger partial charge in [0.2, 0.25) is 0 Å². The van der Waals surface area contributed by atoms with E-state index >= 15 is 0 Å². The van der Waals surface area contributed by atoms with Crippen molar-refractivity contribution in [1.82, 2.24) is 0 Å². The summed E-state index contributed by atoms with van der Waals surface area (Å²) in [7, 11) is 1.39. The number of carbonyl (C=O) groups excluding carboxylic acids is 1. The van der Waals surface area contributed by atoms with Gasteiger partial charge in [-0.2, -0.15) is 0 Å². The number of aromatic hydroxyl groups is 4. The summed E-state index contributed by atoms with van der Waals surface area (Å²) in [4.78, 5) is 12.5. The standard InChI is InChI=1S/C27H31NO10/c1-10-22(30)14(28)7-17(37-10)38-16-9-27(35,11(2)29)8-13-19(16)26(34)21-20(24(13)32)23(31)12-5-4-6-15(36-3)18(12)25(21)33/h4-6,10,14,16-17,22,30-35H,7-9,28H2,1-3H3. The molecule has 0 radical (unpaired) electrons. The van der Waals surface area contributed by atoms with Gasteiger partial charge in [-0.1, -0.05) is 12.1 Å². The summed E-state index contributed by atoms with van der Waals surface area (Å²) in [6.07, 6.45) is -4.31. The van der Waals surface area contributed by atoms with Gasteiger partial charge in [0.25, 0.3) is 0 Å². The first kappa shape index (κ1) is 26.3. The van der Waals surface area contributed by atoms with E-state index < -0.39 is 65.0 Å². The maximum Gasteiger partial charge on any atom is 0.161 e. The average molecular weight is 530 g/mol. The minimum absolute atomic E-state index is 0.0194. The normalized spacial score (nSPS) is 29.4. The van der Waals surface area contributed by atoms with Crippen LogP contribution >= 0.6 is 0 Å². The predicted molar refractivity (Wildman–Crippen MR) is 135 cm³/mol. The van der Waals surface area contributed by atoms with Crippen molar-refractivity contribution in [2.75, 3.05) is 7.11 Å². The Morgan fingerprint density at radius 3 is 2.39 bits per heavy atom. The molecule has 3 aromatic rings. The molecule has 6 atom stereocenters. The van der Waals surface area contributed by atoms with Crippen LogP contribution in [0.15, 0.2) is 18.2 Å². The number of hydrogen-bond donors (Lipinski definition) is 7. The number of ketones is 1. The summed E-state index contributed by atoms with van der Waals surface area (Å²) >= 11 is 0. The first-order valence-corrected chi connectivity index (χ1v) is 12.3. The summed E-state index contributed by atoms with van der Waals surface area (Å²) in [5.41, 5.74) is 4.08. The summed E-state index contributed by atoms with van der Waals surface area (Å²) < 4.78 is 17.2. The number of ether oxygens (including phenoxy) is 3. The van der Waals surface area contributed by atoms with Gasteiger partial charge in [-0.25, -0.2) is 0 Å². The molecule has 38 heavy (non-hydrogen) atoms. The van der Waals surface area contributed by atoms with Crippen molar-refractivity contribution < 1.29 is 49.6 Å². The second kappa shape index (κ2) is 9.14. The minimum atomic E-state index is -1.96. The Hall–Kier alpha value is -3.35. The second-order valence-electron chi connectivity index (χ2n) is 10.2. The minimum Gasteiger partial charge on any atom is -0.507 e. The Kier molecular flexibility index (Phi) is 6.32. The van der Waals surface area contributed by atoms with Gasteiger partial charge in [-0.3, -0.25) is 4.79 Å². The van der Waals surface area contributed by atoms with Crippen LogP contribution < -0.4 is 10.5 Å². The first-order valence-electron chi connectivity index (χ1n) is 12.3. The van der Waals surface area contributed by atoms with Gasteiger partial charge >= 0.3 is 0 Å². The van der Waals surface area contributed by atoms with Crippen LogP contribution in [0.2, 0.25) is 0 Å². The lowest BCUT2D eigenvalue weighted by Crippen LogP contribution is -2.52. The SMILES string of the molecule is COc1cccc2c(O)c3c(O)c4c(c(O)c3c(O)c12)C(OC1CC(N)C(O)C(C)O1)CC(O)(C(C)=O)C4. The van der Waals surface area contributed by atoms with E-state index in [1.165, 1.54) is 20.1 Å². The van der Waals surface area contributed by atoms with Gasteiger partial charge in [0, 0.05) is 41.8 Å². The number of phenolic OH excluding ortho intramolecular Hbond substituents is 4. The fraction of sp³-hybridized carbons (Fsp3) is 0.444. The number of phenols is 4. The van der Waals surface area contributed by atoms with Gasteiger partial charge in [-0.05, 0) is 19.9 Å². The zero-order valence-corrected chi connectivity index (χ0v) is 21.1. The highest BCUT2D eigenvalue weighted by Crippen LogP contribution is 2.57. The first-order chi connectivity index (χ1) is 17.9. The number of aliphatic hydroxyl groups is 2. The van der Waals surface area contributed by atoms with Crippen LogP contribution in [0.3, 0.4) is 0 Å². The predicted octanol–water partition coefficient (Wildman–Crippen LogP) is 1.97. The fourth-order valence-corrected chi connectivity index (χ4v) is 5.70. The van der Waals surface area contributed by atoms with E-state index in [4.69, 9.17) is 19.9 Å². The number of carbonyl (C=O) groups is 1. The van der Waals surface area contributed by atoms with E-state index in [1.807, 2.05) is 0 Å². The number of hydrogen-bond acceptors (Lipinski definition) is 11. The Morgan fingerprint density at radius 2 is 1.76 bits per heavy atom. The molecule has 1 aliphatic carbocycles. The van der Waals surface area contributed by atoms with Gasteiger partial charge in [0.1, 0.15) is 34.3 Å². The lowest BCUT2D eigenvalue weighted by Gasteiger charge is -2.41. The van der Waals surface area contributed by atoms with E-state index in [-0.39, 0.29) is 57.7 Å². The molecule has 0 saturated carbocycles. The third kappa shape index (κ3) is 3.81. The molecule has 11 heteroatoms. The molecule has 5 rings (SSSR count). The molecule has 1 aliphatic heterocycles. The smallest absolute Gasteiger partial charge is 0.161 e. The Labute approximate surface area is 217 Å². The van der Waals surface area contributed by atoms with Gasteiger partial charge < -0.3 is 50.6 Å². The molecule has 3 aromatic carbocycles. The van der Waals surface area contributed by atoms with E-state index in [0.29, 0.717) is 0 Å². The number of methoxy groups -OCH3 is 1. The van der Waals surface area contributed by atoms with E-state index in [1.54, 1.807) is 19.1 Å². The van der Waals surface area contributed by atoms with Crippen LogP contribution in [0.1, 0.15) is 43.9 Å². The topological polar surface area (TPSA) is 192 Å². The summed E-state index contributed by atoms with van der Waals surface area (Å²) in [5, 5.41) is 66.5. The van der Waals surface area contributed by atoms with E-state index in [2.05, 4.69) is 0 Å². The van der Waals surface area contributed by atoms with Crippen molar-refractivity contribution >= 4 is 27.3 Å². The molecule has 204 valence electrons. The summed E-state index contributed by atoms with van der Waals surface area (Å²) in [5.74, 6) is -2.26. The number of Topliss-reactive ketones (excluding diaryl/α,β-unsaturated/α-hetero) is 1. The van der Waals surface area contributed by atoms with Crippen LogP contribution in [0, 0.1) is 0 Å². The monoisotopic (exact) mass is 529 g/mol. The summed E-state index contributed by atoms with van der Waals surface area (Å²) in [6, 6.07) is 4.00. The number of aliphatic hydroxyl groups excluding tert-OH is 1. The average Bonchev–Trinajstić information content (AvgIpc) is 2.87. The highest BCUT2D eigenvalue weighted by molar-refractivity contribution is 6.17. The van der Waals surface area contributed by atoms with Crippen molar-refractivity contribution in [2.24, 2.45) is 5.73 Å². The van der Waals surface area contributed by atoms with Crippen molar-refractivity contribution in [2.45, 2.75) is 69.4 Å². The third-order valence-electron chi connectivity index (χ3n) is 7.84. The molecule has 0 aromatic heterocycles. The van der Waals surface area contributed by atoms with Crippen LogP contribution in [-0.4, -0.2) is 73.7 Å². The second-order valence-corrected chi connectivity index (χ2v) is 10.2. The summed E-state index contributed by atoms with van der Waals surface area (Å²) in [6.45, 7) is 2.82. The lowest BCUT2D eigenvalue weighted by molar-refractivity contribution is -0.247. The molecule has 0 spiro atoms. The lowest BCUT2D eigenvalue weighted by atomic mass is 9.74. The molecule has 1 fully saturated rings. The molecule has 8 N–H and O–H groups in total. The Balaban J connectivity index is 1.77. The molecule has 1 heterocycles. The Bertz CT molecular complexity index is 1440. The van der Waals surface area contributed by atoms with Gasteiger partial charge in [0.05, 0.1) is 41.6 Å². The highest BCUT2D eigenvalue weighted by Gasteiger charge is 2.47. The zero-order chi connectivity index (χ0) is 27.7. The molecule has 0 bridgehead atoms. The van der Waals surface area contributed by atoms with Crippen molar-refractivity contribution in [3.63, 3.8) is 0 Å². The van der Waals surface area contributed by atoms with Crippen LogP contribution in [0.5, 0.6) is 28.7 Å². The van der Waals surface area contributed by atoms with Crippen LogP contribution in [0.25, 0.3) is 21.5 Å². The molecule has 11 nitrogen and oxygen atoms in total.